The van der Waals surface area contributed by atoms with Gasteiger partial charge in [0.1, 0.15) is 15.8 Å². The van der Waals surface area contributed by atoms with E-state index in [1.54, 1.807) is 30.5 Å². The van der Waals surface area contributed by atoms with Crippen LogP contribution in [0.3, 0.4) is 0 Å². The number of carbonyl (C=O) groups excluding carboxylic acids is 1. The van der Waals surface area contributed by atoms with Crippen LogP contribution in [0.1, 0.15) is 5.56 Å². The van der Waals surface area contributed by atoms with Crippen LogP contribution in [-0.2, 0) is 21.1 Å². The van der Waals surface area contributed by atoms with E-state index in [2.05, 4.69) is 4.98 Å². The number of nitrogens with zero attached hydrogens (tertiary/aromatic N) is 2. The molecule has 4 aromatic rings. The van der Waals surface area contributed by atoms with Crippen LogP contribution < -0.4 is 5.56 Å². The lowest BCUT2D eigenvalue weighted by Crippen LogP contribution is -2.19. The quantitative estimate of drug-likeness (QED) is 0.440. The van der Waals surface area contributed by atoms with E-state index in [1.807, 2.05) is 18.2 Å². The summed E-state index contributed by atoms with van der Waals surface area (Å²) in [7, 11) is -3.72. The minimum absolute atomic E-state index is 0.0712. The highest BCUT2D eigenvalue weighted by atomic mass is 35.5. The van der Waals surface area contributed by atoms with Crippen LogP contribution in [-0.4, -0.2) is 29.5 Å². The maximum Gasteiger partial charge on any atom is 0.264 e. The van der Waals surface area contributed by atoms with Crippen LogP contribution in [0.25, 0.3) is 16.6 Å². The molecule has 9 heteroatoms. The molecule has 3 aromatic heterocycles. The van der Waals surface area contributed by atoms with Crippen LogP contribution in [0.2, 0.25) is 4.34 Å². The monoisotopic (exact) mass is 458 g/mol. The predicted octanol–water partition coefficient (Wildman–Crippen LogP) is 3.69. The van der Waals surface area contributed by atoms with Gasteiger partial charge in [-0.05, 0) is 41.3 Å². The summed E-state index contributed by atoms with van der Waals surface area (Å²) in [5.74, 6) is -0.629. The fourth-order valence-electron chi connectivity index (χ4n) is 3.06. The maximum absolute atomic E-state index is 12.7. The van der Waals surface area contributed by atoms with E-state index >= 15 is 0 Å². The second kappa shape index (κ2) is 8.14. The summed E-state index contributed by atoms with van der Waals surface area (Å²) in [4.78, 5) is 29.2. The molecule has 0 amide bonds. The van der Waals surface area contributed by atoms with Crippen molar-refractivity contribution in [2.24, 2.45) is 0 Å². The molecule has 4 rings (SSSR count). The van der Waals surface area contributed by atoms with E-state index in [4.69, 9.17) is 11.6 Å². The highest BCUT2D eigenvalue weighted by Crippen LogP contribution is 2.26. The van der Waals surface area contributed by atoms with E-state index < -0.39 is 21.4 Å². The average Bonchev–Trinajstić information content (AvgIpc) is 3.16. The Labute approximate surface area is 181 Å². The number of hydrogen-bond donors (Lipinski definition) is 0. The molecule has 30 heavy (non-hydrogen) atoms. The van der Waals surface area contributed by atoms with Gasteiger partial charge >= 0.3 is 0 Å². The normalized spacial score (nSPS) is 11.6. The Morgan fingerprint density at radius 3 is 2.57 bits per heavy atom. The van der Waals surface area contributed by atoms with Crippen molar-refractivity contribution in [2.45, 2.75) is 10.6 Å². The summed E-state index contributed by atoms with van der Waals surface area (Å²) in [6, 6.07) is 15.3. The topological polar surface area (TPSA) is 86.1 Å². The molecule has 3 heterocycles. The molecule has 0 saturated carbocycles. The number of aromatic nitrogens is 2. The van der Waals surface area contributed by atoms with Crippen molar-refractivity contribution in [2.75, 3.05) is 5.75 Å². The van der Waals surface area contributed by atoms with Gasteiger partial charge in [-0.1, -0.05) is 35.9 Å². The smallest absolute Gasteiger partial charge is 0.264 e. The number of thiophene rings is 1. The van der Waals surface area contributed by atoms with Crippen LogP contribution in [0.15, 0.2) is 76.0 Å². The minimum Gasteiger partial charge on any atom is -0.298 e. The molecule has 0 aliphatic rings. The molecule has 0 N–H and O–H groups in total. The lowest BCUT2D eigenvalue weighted by molar-refractivity contribution is -0.116. The number of hydrogen-bond acceptors (Lipinski definition) is 6. The van der Waals surface area contributed by atoms with E-state index in [1.165, 1.54) is 22.9 Å². The number of benzene rings is 1. The summed E-state index contributed by atoms with van der Waals surface area (Å²) in [6.45, 7) is 0. The second-order valence-electron chi connectivity index (χ2n) is 6.64. The predicted molar refractivity (Wildman–Crippen MR) is 117 cm³/mol. The van der Waals surface area contributed by atoms with Crippen LogP contribution in [0.5, 0.6) is 0 Å². The minimum atomic E-state index is -3.72. The molecule has 0 saturated heterocycles. The number of halogens is 1. The molecule has 152 valence electrons. The third-order valence-electron chi connectivity index (χ3n) is 4.48. The Morgan fingerprint density at radius 1 is 1.07 bits per heavy atom. The highest BCUT2D eigenvalue weighted by molar-refractivity contribution is 7.94. The van der Waals surface area contributed by atoms with Crippen LogP contribution in [0, 0.1) is 0 Å². The Hall–Kier alpha value is -2.81. The van der Waals surface area contributed by atoms with Gasteiger partial charge in [0.15, 0.2) is 15.6 Å². The van der Waals surface area contributed by atoms with Gasteiger partial charge in [0.05, 0.1) is 4.34 Å². The van der Waals surface area contributed by atoms with Crippen molar-refractivity contribution in [3.8, 4) is 5.82 Å². The first-order valence-corrected chi connectivity index (χ1v) is 11.7. The summed E-state index contributed by atoms with van der Waals surface area (Å²) in [6.07, 6.45) is 3.05. The summed E-state index contributed by atoms with van der Waals surface area (Å²) in [5, 5.41) is 1.43. The van der Waals surface area contributed by atoms with Crippen molar-refractivity contribution >= 4 is 49.3 Å². The highest BCUT2D eigenvalue weighted by Gasteiger charge is 2.21. The van der Waals surface area contributed by atoms with E-state index in [-0.39, 0.29) is 16.2 Å². The lowest BCUT2D eigenvalue weighted by Gasteiger charge is -2.07. The Morgan fingerprint density at radius 2 is 1.87 bits per heavy atom. The zero-order chi connectivity index (χ0) is 21.3. The molecule has 0 spiro atoms. The number of sulfone groups is 1. The molecule has 0 aliphatic heterocycles. The SMILES string of the molecule is O=C(Cc1ccc(-n2ccc3ccccc3c2=O)nc1)CS(=O)(=O)c1ccc(Cl)s1. The standard InChI is InChI=1S/C21H15ClN2O4S2/c22-18-6-8-20(29-18)30(27,28)13-16(25)11-14-5-7-19(23-12-14)24-10-9-15-3-1-2-4-17(15)21(24)26/h1-10,12H,11,13H2. The lowest BCUT2D eigenvalue weighted by atomic mass is 10.1. The fraction of sp³-hybridized carbons (Fsp3) is 0.0952. The number of carbonyl (C=O) groups is 1. The van der Waals surface area contributed by atoms with Crippen molar-refractivity contribution < 1.29 is 13.2 Å². The average molecular weight is 459 g/mol. The number of rotatable bonds is 6. The van der Waals surface area contributed by atoms with Gasteiger partial charge in [-0.2, -0.15) is 0 Å². The van der Waals surface area contributed by atoms with E-state index in [0.29, 0.717) is 21.1 Å². The van der Waals surface area contributed by atoms with Gasteiger partial charge in [-0.25, -0.2) is 13.4 Å². The van der Waals surface area contributed by atoms with Gasteiger partial charge in [-0.3, -0.25) is 14.2 Å². The van der Waals surface area contributed by atoms with Crippen molar-refractivity contribution in [3.05, 3.63) is 87.2 Å². The fourth-order valence-corrected chi connectivity index (χ4v) is 5.87. The molecule has 0 fully saturated rings. The van der Waals surface area contributed by atoms with Crippen molar-refractivity contribution in [1.82, 2.24) is 9.55 Å². The molecule has 0 bridgehead atoms. The van der Waals surface area contributed by atoms with Crippen molar-refractivity contribution in [1.29, 1.82) is 0 Å². The largest absolute Gasteiger partial charge is 0.298 e. The second-order valence-corrected chi connectivity index (χ2v) is 10.6. The first kappa shape index (κ1) is 20.5. The molecule has 0 radical (unpaired) electrons. The zero-order valence-electron chi connectivity index (χ0n) is 15.5. The molecule has 0 unspecified atom stereocenters. The van der Waals surface area contributed by atoms with Gasteiger partial charge in [-0.15, -0.1) is 11.3 Å². The first-order valence-electron chi connectivity index (χ1n) is 8.89. The number of Topliss-reactive ketones (excluding diaryl/α,β-unsaturated/α-hetero) is 1. The Bertz CT molecular complexity index is 1410. The first-order chi connectivity index (χ1) is 14.3. The molecular weight excluding hydrogens is 444 g/mol. The summed E-state index contributed by atoms with van der Waals surface area (Å²) >= 11 is 6.70. The molecule has 1 aromatic carbocycles. The Kier molecular flexibility index (Phi) is 5.55. The van der Waals surface area contributed by atoms with Crippen LogP contribution in [0.4, 0.5) is 0 Å². The molecule has 0 atom stereocenters. The van der Waals surface area contributed by atoms with E-state index in [0.717, 1.165) is 16.7 Å². The molecular formula is C21H15ClN2O4S2. The molecule has 0 aliphatic carbocycles. The summed E-state index contributed by atoms with van der Waals surface area (Å²) < 4.78 is 26.5. The Balaban J connectivity index is 1.51. The van der Waals surface area contributed by atoms with Gasteiger partial charge < -0.3 is 0 Å². The maximum atomic E-state index is 12.7. The van der Waals surface area contributed by atoms with Crippen LogP contribution >= 0.6 is 22.9 Å². The van der Waals surface area contributed by atoms with Gasteiger partial charge in [0.2, 0.25) is 0 Å². The third kappa shape index (κ3) is 4.21. The van der Waals surface area contributed by atoms with Crippen molar-refractivity contribution in [3.63, 3.8) is 0 Å². The number of fused-ring (bicyclic) bond motifs is 1. The van der Waals surface area contributed by atoms with Gasteiger partial charge in [0.25, 0.3) is 5.56 Å². The number of ketones is 1. The summed E-state index contributed by atoms with van der Waals surface area (Å²) in [5.41, 5.74) is 0.377. The van der Waals surface area contributed by atoms with E-state index in [9.17, 15) is 18.0 Å². The zero-order valence-corrected chi connectivity index (χ0v) is 17.9. The molecule has 6 nitrogen and oxygen atoms in total. The number of pyridine rings is 2. The van der Waals surface area contributed by atoms with Gasteiger partial charge in [0, 0.05) is 24.2 Å². The third-order valence-corrected chi connectivity index (χ3v) is 7.97.